The first-order valence-electron chi connectivity index (χ1n) is 9.43. The van der Waals surface area contributed by atoms with Crippen molar-refractivity contribution in [2.75, 3.05) is 13.6 Å². The average Bonchev–Trinajstić information content (AvgIpc) is 3.36. The number of hydrogen-bond donors (Lipinski definition) is 2. The minimum Gasteiger partial charge on any atom is -0.340 e. The van der Waals surface area contributed by atoms with Crippen molar-refractivity contribution in [3.8, 4) is 0 Å². The summed E-state index contributed by atoms with van der Waals surface area (Å²) in [6.45, 7) is 4.97. The summed E-state index contributed by atoms with van der Waals surface area (Å²) in [6.07, 6.45) is 8.53. The summed E-state index contributed by atoms with van der Waals surface area (Å²) < 4.78 is 1.23. The molecule has 1 fully saturated rings. The number of halogens is 1. The van der Waals surface area contributed by atoms with E-state index in [4.69, 9.17) is 0 Å². The van der Waals surface area contributed by atoms with E-state index in [-0.39, 0.29) is 23.9 Å². The van der Waals surface area contributed by atoms with E-state index in [0.717, 1.165) is 30.9 Å². The zero-order chi connectivity index (χ0) is 19.1. The number of amides is 1. The van der Waals surface area contributed by atoms with Gasteiger partial charge >= 0.3 is 0 Å². The topological polar surface area (TPSA) is 61.0 Å². The van der Waals surface area contributed by atoms with Crippen LogP contribution in [0.3, 0.4) is 0 Å². The number of fused-ring (bicyclic) bond motifs is 1. The van der Waals surface area contributed by atoms with Crippen LogP contribution in [0.1, 0.15) is 44.2 Å². The summed E-state index contributed by atoms with van der Waals surface area (Å²) in [5.41, 5.74) is 1.07. The van der Waals surface area contributed by atoms with Gasteiger partial charge in [0, 0.05) is 25.8 Å². The Morgan fingerprint density at radius 2 is 2.15 bits per heavy atom. The fraction of sp³-hybridized carbons (Fsp3) is 0.579. The van der Waals surface area contributed by atoms with Crippen molar-refractivity contribution < 1.29 is 4.79 Å². The molecule has 0 aromatic carbocycles. The Balaban J connectivity index is 1.50. The fourth-order valence-electron chi connectivity index (χ4n) is 4.05. The van der Waals surface area contributed by atoms with E-state index in [1.54, 1.807) is 0 Å². The Kier molecular flexibility index (Phi) is 5.79. The largest absolute Gasteiger partial charge is 0.340 e. The predicted octanol–water partition coefficient (Wildman–Crippen LogP) is 4.13. The van der Waals surface area contributed by atoms with Gasteiger partial charge in [-0.3, -0.25) is 4.79 Å². The molecule has 1 aromatic rings. The van der Waals surface area contributed by atoms with Crippen LogP contribution in [0, 0.1) is 5.92 Å². The number of carbonyl (C=O) groups is 1. The number of aromatic nitrogens is 2. The lowest BCUT2D eigenvalue weighted by Crippen LogP contribution is -2.47. The van der Waals surface area contributed by atoms with E-state index in [1.165, 1.54) is 8.72 Å². The molecule has 2 N–H and O–H groups in total. The van der Waals surface area contributed by atoms with Gasteiger partial charge in [-0.05, 0) is 47.8 Å². The van der Waals surface area contributed by atoms with E-state index < -0.39 is 0 Å². The molecule has 0 radical (unpaired) electrons. The number of thioether (sulfide) groups is 2. The average molecular weight is 469 g/mol. The summed E-state index contributed by atoms with van der Waals surface area (Å²) in [5.74, 6) is 1.36. The molecule has 1 aromatic heterocycles. The lowest BCUT2D eigenvalue weighted by molar-refractivity contribution is -0.135. The number of rotatable bonds is 5. The first-order chi connectivity index (χ1) is 13.0. The Morgan fingerprint density at radius 3 is 2.85 bits per heavy atom. The first kappa shape index (κ1) is 19.6. The van der Waals surface area contributed by atoms with Crippen LogP contribution in [-0.2, 0) is 4.79 Å². The summed E-state index contributed by atoms with van der Waals surface area (Å²) >= 11 is 7.34. The number of likely N-dealkylation sites (tertiary alicyclic amines) is 1. The van der Waals surface area contributed by atoms with E-state index in [9.17, 15) is 4.79 Å². The van der Waals surface area contributed by atoms with Gasteiger partial charge in [0.25, 0.3) is 0 Å². The molecular formula is C19H25BrN4OS2. The van der Waals surface area contributed by atoms with Gasteiger partial charge in [0.1, 0.15) is 5.82 Å². The molecule has 0 bridgehead atoms. The quantitative estimate of drug-likeness (QED) is 0.679. The van der Waals surface area contributed by atoms with Crippen LogP contribution in [0.5, 0.6) is 0 Å². The summed E-state index contributed by atoms with van der Waals surface area (Å²) in [4.78, 5) is 24.5. The Morgan fingerprint density at radius 1 is 1.37 bits per heavy atom. The minimum atomic E-state index is -0.144. The Bertz CT molecular complexity index is 790. The van der Waals surface area contributed by atoms with Crippen molar-refractivity contribution in [1.29, 1.82) is 0 Å². The van der Waals surface area contributed by atoms with Crippen LogP contribution in [0.4, 0.5) is 0 Å². The second kappa shape index (κ2) is 7.97. The molecule has 3 aliphatic rings. The summed E-state index contributed by atoms with van der Waals surface area (Å²) in [7, 11) is 1.87. The van der Waals surface area contributed by atoms with Gasteiger partial charge in [-0.15, -0.1) is 23.5 Å². The maximum absolute atomic E-state index is 13.0. The van der Waals surface area contributed by atoms with Gasteiger partial charge < -0.3 is 15.2 Å². The van der Waals surface area contributed by atoms with Crippen LogP contribution in [0.25, 0.3) is 4.91 Å². The van der Waals surface area contributed by atoms with Crippen molar-refractivity contribution in [3.63, 3.8) is 0 Å². The number of likely N-dealkylation sites (N-methyl/N-ethyl adjacent to an activating group) is 1. The number of nitrogens with zero attached hydrogens (tertiary/aromatic N) is 2. The third kappa shape index (κ3) is 3.78. The van der Waals surface area contributed by atoms with Crippen molar-refractivity contribution in [2.24, 2.45) is 5.92 Å². The van der Waals surface area contributed by atoms with Crippen molar-refractivity contribution in [2.45, 2.75) is 49.3 Å². The van der Waals surface area contributed by atoms with Gasteiger partial charge in [0.2, 0.25) is 5.91 Å². The number of carbonyl (C=O) groups excluding carboxylic acids is 1. The molecule has 0 spiro atoms. The SMILES string of the molecule is CNC(C(=O)N1CCCC1c1ncc(C2=CC3SC(Br)=CC3S2)[nH]1)C(C)C. The maximum Gasteiger partial charge on any atom is 0.240 e. The number of hydrogen-bond acceptors (Lipinski definition) is 5. The molecule has 1 saturated heterocycles. The van der Waals surface area contributed by atoms with Crippen LogP contribution < -0.4 is 5.32 Å². The standard InChI is InChI=1S/C19H25BrN4OS2/c1-10(2)17(21-3)19(25)24-6-4-5-12(24)18-22-9-11(23-18)13-7-14-15(26-13)8-16(20)27-14/h7-10,12,14-15,17,21H,4-6H2,1-3H3,(H,22,23). The normalized spacial score (nSPS) is 28.5. The highest BCUT2D eigenvalue weighted by molar-refractivity contribution is 9.14. The van der Waals surface area contributed by atoms with E-state index in [0.29, 0.717) is 10.5 Å². The second-order valence-electron chi connectivity index (χ2n) is 7.55. The van der Waals surface area contributed by atoms with Crippen LogP contribution in [0.15, 0.2) is 22.2 Å². The number of H-pyrrole nitrogens is 1. The van der Waals surface area contributed by atoms with Crippen molar-refractivity contribution >= 4 is 50.3 Å². The maximum atomic E-state index is 13.0. The van der Waals surface area contributed by atoms with Crippen LogP contribution in [-0.4, -0.2) is 50.9 Å². The van der Waals surface area contributed by atoms with E-state index >= 15 is 0 Å². The Hall–Kier alpha value is -0.700. The van der Waals surface area contributed by atoms with Gasteiger partial charge in [0.15, 0.2) is 0 Å². The highest BCUT2D eigenvalue weighted by atomic mass is 79.9. The Labute approximate surface area is 177 Å². The number of imidazole rings is 1. The molecular weight excluding hydrogens is 444 g/mol. The van der Waals surface area contributed by atoms with Gasteiger partial charge in [-0.2, -0.15) is 0 Å². The number of nitrogens with one attached hydrogen (secondary N) is 2. The fourth-order valence-corrected chi connectivity index (χ4v) is 7.73. The third-order valence-corrected chi connectivity index (χ3v) is 8.77. The molecule has 1 amide bonds. The second-order valence-corrected chi connectivity index (χ2v) is 11.4. The summed E-state index contributed by atoms with van der Waals surface area (Å²) in [6, 6.07) is -0.0921. The van der Waals surface area contributed by atoms with E-state index in [2.05, 4.69) is 57.2 Å². The van der Waals surface area contributed by atoms with Gasteiger partial charge in [-0.1, -0.05) is 19.9 Å². The smallest absolute Gasteiger partial charge is 0.240 e. The molecule has 3 aliphatic heterocycles. The van der Waals surface area contributed by atoms with Crippen molar-refractivity contribution in [1.82, 2.24) is 20.2 Å². The number of aromatic amines is 1. The lowest BCUT2D eigenvalue weighted by Gasteiger charge is -2.29. The first-order valence-corrected chi connectivity index (χ1v) is 12.0. The predicted molar refractivity (Wildman–Crippen MR) is 118 cm³/mol. The molecule has 4 unspecified atom stereocenters. The molecule has 27 heavy (non-hydrogen) atoms. The highest BCUT2D eigenvalue weighted by Crippen LogP contribution is 2.51. The van der Waals surface area contributed by atoms with Gasteiger partial charge in [0.05, 0.1) is 24.0 Å². The minimum absolute atomic E-state index is 0.0516. The highest BCUT2D eigenvalue weighted by Gasteiger charge is 2.37. The lowest BCUT2D eigenvalue weighted by atomic mass is 10.0. The monoisotopic (exact) mass is 468 g/mol. The zero-order valence-electron chi connectivity index (χ0n) is 15.7. The molecule has 4 rings (SSSR count). The molecule has 0 aliphatic carbocycles. The third-order valence-electron chi connectivity index (χ3n) is 5.40. The molecule has 8 heteroatoms. The molecule has 4 heterocycles. The van der Waals surface area contributed by atoms with Crippen LogP contribution >= 0.6 is 39.5 Å². The molecule has 146 valence electrons. The van der Waals surface area contributed by atoms with Gasteiger partial charge in [-0.25, -0.2) is 4.98 Å². The van der Waals surface area contributed by atoms with E-state index in [1.807, 2.05) is 41.7 Å². The molecule has 5 nitrogen and oxygen atoms in total. The molecule has 0 saturated carbocycles. The van der Waals surface area contributed by atoms with Crippen LogP contribution in [0.2, 0.25) is 0 Å². The van der Waals surface area contributed by atoms with Crippen molar-refractivity contribution in [3.05, 3.63) is 33.7 Å². The molecule has 4 atom stereocenters. The zero-order valence-corrected chi connectivity index (χ0v) is 19.0. The summed E-state index contributed by atoms with van der Waals surface area (Å²) in [5, 5.41) is 4.18.